The molecule has 82 valence electrons. The van der Waals surface area contributed by atoms with Crippen molar-refractivity contribution in [2.45, 2.75) is 25.8 Å². The van der Waals surface area contributed by atoms with Gasteiger partial charge in [-0.05, 0) is 25.8 Å². The molecule has 1 aromatic rings. The van der Waals surface area contributed by atoms with E-state index in [4.69, 9.17) is 5.73 Å². The van der Waals surface area contributed by atoms with Crippen LogP contribution in [0.15, 0.2) is 30.3 Å². The summed E-state index contributed by atoms with van der Waals surface area (Å²) in [4.78, 5) is 11.4. The number of carbonyl (C=O) groups is 1. The van der Waals surface area contributed by atoms with Crippen molar-refractivity contribution >= 4 is 5.91 Å². The first-order chi connectivity index (χ1) is 7.00. The van der Waals surface area contributed by atoms with Crippen molar-refractivity contribution in [3.63, 3.8) is 0 Å². The lowest BCUT2D eigenvalue weighted by molar-refractivity contribution is -0.125. The van der Waals surface area contributed by atoms with Gasteiger partial charge >= 0.3 is 0 Å². The van der Waals surface area contributed by atoms with Crippen molar-refractivity contribution in [3.05, 3.63) is 35.9 Å². The van der Waals surface area contributed by atoms with Gasteiger partial charge in [-0.25, -0.2) is 0 Å². The number of amides is 1. The molecule has 0 atom stereocenters. The van der Waals surface area contributed by atoms with Crippen molar-refractivity contribution < 1.29 is 4.79 Å². The number of nitrogens with one attached hydrogen (secondary N) is 1. The molecule has 3 heteroatoms. The van der Waals surface area contributed by atoms with E-state index >= 15 is 0 Å². The summed E-state index contributed by atoms with van der Waals surface area (Å²) >= 11 is 0. The predicted molar refractivity (Wildman–Crippen MR) is 61.4 cm³/mol. The molecule has 0 aliphatic heterocycles. The van der Waals surface area contributed by atoms with E-state index in [1.165, 1.54) is 5.56 Å². The minimum atomic E-state index is -0.795. The number of hydrogen-bond acceptors (Lipinski definition) is 2. The van der Waals surface area contributed by atoms with Crippen molar-refractivity contribution in [2.24, 2.45) is 5.73 Å². The summed E-state index contributed by atoms with van der Waals surface area (Å²) < 4.78 is 0. The Kier molecular flexibility index (Phi) is 3.86. The summed E-state index contributed by atoms with van der Waals surface area (Å²) in [5, 5.41) is 2.81. The second-order valence-electron chi connectivity index (χ2n) is 4.21. The van der Waals surface area contributed by atoms with Crippen LogP contribution in [0.3, 0.4) is 0 Å². The van der Waals surface area contributed by atoms with Gasteiger partial charge in [-0.2, -0.15) is 0 Å². The van der Waals surface area contributed by atoms with Gasteiger partial charge in [0, 0.05) is 6.54 Å². The Labute approximate surface area is 90.7 Å². The molecule has 0 unspecified atom stereocenters. The zero-order valence-corrected chi connectivity index (χ0v) is 9.29. The number of hydrogen-bond donors (Lipinski definition) is 2. The molecular formula is C12H18N2O. The fourth-order valence-electron chi connectivity index (χ4n) is 1.19. The topological polar surface area (TPSA) is 55.1 Å². The third-order valence-corrected chi connectivity index (χ3v) is 2.13. The smallest absolute Gasteiger partial charge is 0.239 e. The summed E-state index contributed by atoms with van der Waals surface area (Å²) in [6, 6.07) is 10.0. The normalized spacial score (nSPS) is 11.1. The largest absolute Gasteiger partial charge is 0.354 e. The predicted octanol–water partition coefficient (Wildman–Crippen LogP) is 1.08. The maximum Gasteiger partial charge on any atom is 0.239 e. The standard InChI is InChI=1S/C12H18N2O/c1-12(2,13)11(15)14-9-8-10-6-4-3-5-7-10/h3-7H,8-9,13H2,1-2H3,(H,14,15). The number of nitrogens with two attached hydrogens (primary N) is 1. The van der Waals surface area contributed by atoms with Crippen molar-refractivity contribution in [3.8, 4) is 0 Å². The van der Waals surface area contributed by atoms with Crippen LogP contribution in [0.5, 0.6) is 0 Å². The maximum atomic E-state index is 11.4. The molecule has 0 saturated carbocycles. The van der Waals surface area contributed by atoms with Gasteiger partial charge in [-0.3, -0.25) is 4.79 Å². The maximum absolute atomic E-state index is 11.4. The quantitative estimate of drug-likeness (QED) is 0.774. The Balaban J connectivity index is 2.32. The van der Waals surface area contributed by atoms with Gasteiger partial charge in [0.05, 0.1) is 5.54 Å². The van der Waals surface area contributed by atoms with E-state index in [2.05, 4.69) is 5.32 Å². The van der Waals surface area contributed by atoms with Crippen LogP contribution in [-0.4, -0.2) is 18.0 Å². The molecule has 0 aliphatic carbocycles. The first-order valence-corrected chi connectivity index (χ1v) is 5.11. The monoisotopic (exact) mass is 206 g/mol. The third-order valence-electron chi connectivity index (χ3n) is 2.13. The third kappa shape index (κ3) is 4.13. The lowest BCUT2D eigenvalue weighted by Crippen LogP contribution is -2.49. The molecule has 1 aromatic carbocycles. The van der Waals surface area contributed by atoms with Gasteiger partial charge in [-0.1, -0.05) is 30.3 Å². The lowest BCUT2D eigenvalue weighted by atomic mass is 10.1. The Bertz CT molecular complexity index is 314. The number of benzene rings is 1. The van der Waals surface area contributed by atoms with Crippen LogP contribution in [0, 0.1) is 0 Å². The van der Waals surface area contributed by atoms with E-state index in [1.807, 2.05) is 30.3 Å². The molecule has 0 heterocycles. The molecular weight excluding hydrogens is 188 g/mol. The van der Waals surface area contributed by atoms with Crippen LogP contribution in [-0.2, 0) is 11.2 Å². The first-order valence-electron chi connectivity index (χ1n) is 5.11. The van der Waals surface area contributed by atoms with E-state index in [0.29, 0.717) is 6.54 Å². The average Bonchev–Trinajstić information content (AvgIpc) is 2.18. The highest BCUT2D eigenvalue weighted by Gasteiger charge is 2.20. The van der Waals surface area contributed by atoms with Gasteiger partial charge < -0.3 is 11.1 Å². The van der Waals surface area contributed by atoms with Gasteiger partial charge in [0.25, 0.3) is 0 Å². The molecule has 0 radical (unpaired) electrons. The van der Waals surface area contributed by atoms with Crippen molar-refractivity contribution in [2.75, 3.05) is 6.54 Å². The summed E-state index contributed by atoms with van der Waals surface area (Å²) in [5.41, 5.74) is 6.07. The van der Waals surface area contributed by atoms with Crippen molar-refractivity contribution in [1.82, 2.24) is 5.32 Å². The first kappa shape index (κ1) is 11.7. The molecule has 0 aliphatic rings. The Morgan fingerprint density at radius 3 is 2.47 bits per heavy atom. The molecule has 1 amide bonds. The van der Waals surface area contributed by atoms with Crippen LogP contribution in [0.4, 0.5) is 0 Å². The minimum Gasteiger partial charge on any atom is -0.354 e. The second kappa shape index (κ2) is 4.94. The van der Waals surface area contributed by atoms with Crippen LogP contribution in [0.25, 0.3) is 0 Å². The SMILES string of the molecule is CC(C)(N)C(=O)NCCc1ccccc1. The van der Waals surface area contributed by atoms with Crippen LogP contribution in [0.2, 0.25) is 0 Å². The molecule has 15 heavy (non-hydrogen) atoms. The van der Waals surface area contributed by atoms with Crippen LogP contribution < -0.4 is 11.1 Å². The van der Waals surface area contributed by atoms with E-state index in [9.17, 15) is 4.79 Å². The highest BCUT2D eigenvalue weighted by molar-refractivity contribution is 5.84. The van der Waals surface area contributed by atoms with Crippen LogP contribution in [0.1, 0.15) is 19.4 Å². The zero-order valence-electron chi connectivity index (χ0n) is 9.29. The molecule has 0 aromatic heterocycles. The molecule has 3 N–H and O–H groups in total. The minimum absolute atomic E-state index is 0.113. The second-order valence-corrected chi connectivity index (χ2v) is 4.21. The molecule has 1 rings (SSSR count). The van der Waals surface area contributed by atoms with Gasteiger partial charge in [0.15, 0.2) is 0 Å². The fraction of sp³-hybridized carbons (Fsp3) is 0.417. The van der Waals surface area contributed by atoms with Gasteiger partial charge in [-0.15, -0.1) is 0 Å². The van der Waals surface area contributed by atoms with Crippen molar-refractivity contribution in [1.29, 1.82) is 0 Å². The van der Waals surface area contributed by atoms with Gasteiger partial charge in [0.1, 0.15) is 0 Å². The summed E-state index contributed by atoms with van der Waals surface area (Å²) in [5.74, 6) is -0.113. The molecule has 0 bridgehead atoms. The average molecular weight is 206 g/mol. The van der Waals surface area contributed by atoms with E-state index < -0.39 is 5.54 Å². The lowest BCUT2D eigenvalue weighted by Gasteiger charge is -2.17. The van der Waals surface area contributed by atoms with Crippen LogP contribution >= 0.6 is 0 Å². The van der Waals surface area contributed by atoms with E-state index in [-0.39, 0.29) is 5.91 Å². The zero-order chi connectivity index (χ0) is 11.3. The number of carbonyl (C=O) groups excluding carboxylic acids is 1. The molecule has 0 spiro atoms. The van der Waals surface area contributed by atoms with E-state index in [1.54, 1.807) is 13.8 Å². The summed E-state index contributed by atoms with van der Waals surface area (Å²) in [6.07, 6.45) is 0.836. The Morgan fingerprint density at radius 1 is 1.33 bits per heavy atom. The summed E-state index contributed by atoms with van der Waals surface area (Å²) in [7, 11) is 0. The molecule has 0 saturated heterocycles. The van der Waals surface area contributed by atoms with Gasteiger partial charge in [0.2, 0.25) is 5.91 Å². The number of rotatable bonds is 4. The van der Waals surface area contributed by atoms with E-state index in [0.717, 1.165) is 6.42 Å². The highest BCUT2D eigenvalue weighted by atomic mass is 16.2. The molecule has 0 fully saturated rings. The molecule has 3 nitrogen and oxygen atoms in total. The Morgan fingerprint density at radius 2 is 1.93 bits per heavy atom. The highest BCUT2D eigenvalue weighted by Crippen LogP contribution is 1.99. The fourth-order valence-corrected chi connectivity index (χ4v) is 1.19. The summed E-state index contributed by atoms with van der Waals surface area (Å²) in [6.45, 7) is 4.03. The Hall–Kier alpha value is -1.35.